The van der Waals surface area contributed by atoms with E-state index in [1.165, 1.54) is 0 Å². The zero-order valence-electron chi connectivity index (χ0n) is 13.5. The lowest BCUT2D eigenvalue weighted by molar-refractivity contribution is -0.129. The van der Waals surface area contributed by atoms with E-state index in [2.05, 4.69) is 0 Å². The molecule has 0 saturated carbocycles. The van der Waals surface area contributed by atoms with Crippen LogP contribution < -0.4 is 0 Å². The molecule has 5 nitrogen and oxygen atoms in total. The van der Waals surface area contributed by atoms with Crippen LogP contribution in [-0.2, 0) is 14.6 Å². The summed E-state index contributed by atoms with van der Waals surface area (Å²) in [6.07, 6.45) is 7.02. The third kappa shape index (κ3) is 3.68. The van der Waals surface area contributed by atoms with Crippen molar-refractivity contribution in [1.29, 1.82) is 0 Å². The summed E-state index contributed by atoms with van der Waals surface area (Å²) in [4.78, 5) is 14.6. The van der Waals surface area contributed by atoms with Crippen LogP contribution in [0.5, 0.6) is 0 Å². The fourth-order valence-corrected chi connectivity index (χ4v) is 4.78. The molecule has 23 heavy (non-hydrogen) atoms. The lowest BCUT2D eigenvalue weighted by Gasteiger charge is -2.35. The van der Waals surface area contributed by atoms with Crippen LogP contribution in [-0.4, -0.2) is 37.3 Å². The zero-order chi connectivity index (χ0) is 16.4. The molecule has 0 aromatic carbocycles. The van der Waals surface area contributed by atoms with Gasteiger partial charge in [0.2, 0.25) is 5.91 Å². The van der Waals surface area contributed by atoms with E-state index in [0.29, 0.717) is 5.76 Å². The highest BCUT2D eigenvalue weighted by molar-refractivity contribution is 7.91. The first-order valence-electron chi connectivity index (χ1n) is 8.23. The molecule has 1 aromatic heterocycles. The maximum absolute atomic E-state index is 12.9. The van der Waals surface area contributed by atoms with E-state index in [4.69, 9.17) is 4.42 Å². The largest absolute Gasteiger partial charge is 0.464 e. The second kappa shape index (κ2) is 6.51. The molecule has 2 aliphatic rings. The molecule has 126 valence electrons. The number of carbonyl (C=O) groups excluding carboxylic acids is 1. The first kappa shape index (κ1) is 16.3. The second-order valence-electron chi connectivity index (χ2n) is 6.41. The summed E-state index contributed by atoms with van der Waals surface area (Å²) in [5.74, 6) is 1.24. The Kier molecular flexibility index (Phi) is 4.62. The molecule has 0 N–H and O–H groups in total. The first-order chi connectivity index (χ1) is 11.0. The molecule has 0 spiro atoms. The number of nitrogens with zero attached hydrogens (tertiary/aromatic N) is 1. The Labute approximate surface area is 137 Å². The smallest absolute Gasteiger partial charge is 0.250 e. The van der Waals surface area contributed by atoms with E-state index in [1.54, 1.807) is 11.0 Å². The van der Waals surface area contributed by atoms with Gasteiger partial charge in [-0.3, -0.25) is 4.79 Å². The Morgan fingerprint density at radius 2 is 2.09 bits per heavy atom. The molecule has 2 heterocycles. The average Bonchev–Trinajstić information content (AvgIpc) is 2.77. The highest BCUT2D eigenvalue weighted by atomic mass is 32.2. The van der Waals surface area contributed by atoms with Gasteiger partial charge in [0, 0.05) is 12.1 Å². The molecule has 3 rings (SSSR count). The van der Waals surface area contributed by atoms with E-state index < -0.39 is 15.9 Å². The van der Waals surface area contributed by atoms with Crippen LogP contribution in [0.15, 0.2) is 28.2 Å². The highest BCUT2D eigenvalue weighted by Gasteiger charge is 2.37. The summed E-state index contributed by atoms with van der Waals surface area (Å²) in [7, 11) is -3.15. The first-order valence-corrected chi connectivity index (χ1v) is 10.1. The molecule has 1 aliphatic heterocycles. The van der Waals surface area contributed by atoms with Crippen molar-refractivity contribution in [3.8, 4) is 0 Å². The van der Waals surface area contributed by atoms with E-state index in [-0.39, 0.29) is 24.0 Å². The van der Waals surface area contributed by atoms with Crippen LogP contribution in [0.25, 0.3) is 0 Å². The number of allylic oxidation sites excluding steroid dienone is 1. The molecular formula is C17H23NO4S. The number of hydrogen-bond donors (Lipinski definition) is 0. The third-order valence-corrected chi connectivity index (χ3v) is 6.23. The Balaban J connectivity index is 1.88. The van der Waals surface area contributed by atoms with Gasteiger partial charge in [0.1, 0.15) is 17.6 Å². The summed E-state index contributed by atoms with van der Waals surface area (Å²) < 4.78 is 29.7. The molecule has 1 saturated heterocycles. The Morgan fingerprint density at radius 3 is 2.83 bits per heavy atom. The van der Waals surface area contributed by atoms with Crippen molar-refractivity contribution in [2.45, 2.75) is 45.1 Å². The fourth-order valence-electron chi connectivity index (χ4n) is 3.31. The van der Waals surface area contributed by atoms with Gasteiger partial charge in [-0.25, -0.2) is 8.42 Å². The lowest BCUT2D eigenvalue weighted by Crippen LogP contribution is -2.46. The van der Waals surface area contributed by atoms with E-state index in [0.717, 1.165) is 43.4 Å². The quantitative estimate of drug-likeness (QED) is 0.832. The molecule has 0 radical (unpaired) electrons. The van der Waals surface area contributed by atoms with Gasteiger partial charge in [0.05, 0.1) is 11.5 Å². The summed E-state index contributed by atoms with van der Waals surface area (Å²) in [5, 5.41) is 0. The number of hydrogen-bond acceptors (Lipinski definition) is 4. The number of furan rings is 1. The van der Waals surface area contributed by atoms with Gasteiger partial charge in [0.15, 0.2) is 9.84 Å². The average molecular weight is 337 g/mol. The monoisotopic (exact) mass is 337 g/mol. The van der Waals surface area contributed by atoms with Crippen LogP contribution >= 0.6 is 0 Å². The van der Waals surface area contributed by atoms with Crippen LogP contribution in [0, 0.1) is 6.92 Å². The molecule has 1 aliphatic carbocycles. The van der Waals surface area contributed by atoms with Crippen LogP contribution in [0.4, 0.5) is 0 Å². The molecular weight excluding hydrogens is 314 g/mol. The minimum Gasteiger partial charge on any atom is -0.464 e. The number of rotatable bonds is 2. The minimum absolute atomic E-state index is 0.0270. The molecule has 6 heteroatoms. The lowest BCUT2D eigenvalue weighted by atomic mass is 10.1. The maximum atomic E-state index is 12.9. The van der Waals surface area contributed by atoms with Gasteiger partial charge < -0.3 is 9.32 Å². The van der Waals surface area contributed by atoms with Crippen molar-refractivity contribution in [2.75, 3.05) is 18.1 Å². The number of sulfone groups is 1. The number of amides is 1. The normalized spacial score (nSPS) is 24.8. The van der Waals surface area contributed by atoms with Gasteiger partial charge in [-0.1, -0.05) is 12.5 Å². The molecule has 0 bridgehead atoms. The van der Waals surface area contributed by atoms with E-state index in [9.17, 15) is 13.2 Å². The van der Waals surface area contributed by atoms with Crippen molar-refractivity contribution in [3.05, 3.63) is 35.3 Å². The Hall–Kier alpha value is -1.56. The predicted molar refractivity (Wildman–Crippen MR) is 87.7 cm³/mol. The van der Waals surface area contributed by atoms with Gasteiger partial charge in [-0.05, 0) is 44.7 Å². The van der Waals surface area contributed by atoms with Crippen LogP contribution in [0.2, 0.25) is 0 Å². The fraction of sp³-hybridized carbons (Fsp3) is 0.588. The number of carbonyl (C=O) groups is 1. The van der Waals surface area contributed by atoms with Gasteiger partial charge in [-0.2, -0.15) is 0 Å². The minimum atomic E-state index is -3.15. The highest BCUT2D eigenvalue weighted by Crippen LogP contribution is 2.31. The van der Waals surface area contributed by atoms with E-state index >= 15 is 0 Å². The summed E-state index contributed by atoms with van der Waals surface area (Å²) >= 11 is 0. The van der Waals surface area contributed by atoms with Crippen molar-refractivity contribution in [1.82, 2.24) is 4.90 Å². The number of aryl methyl sites for hydroxylation is 1. The van der Waals surface area contributed by atoms with E-state index in [1.807, 2.05) is 19.1 Å². The summed E-state index contributed by atoms with van der Waals surface area (Å²) in [6.45, 7) is 2.06. The topological polar surface area (TPSA) is 67.6 Å². The van der Waals surface area contributed by atoms with Crippen molar-refractivity contribution in [3.63, 3.8) is 0 Å². The predicted octanol–water partition coefficient (Wildman–Crippen LogP) is 2.78. The Bertz CT molecular complexity index is 717. The Morgan fingerprint density at radius 1 is 1.26 bits per heavy atom. The molecule has 1 fully saturated rings. The van der Waals surface area contributed by atoms with Gasteiger partial charge in [-0.15, -0.1) is 0 Å². The molecule has 1 atom stereocenters. The third-order valence-electron chi connectivity index (χ3n) is 4.60. The van der Waals surface area contributed by atoms with Crippen LogP contribution in [0.1, 0.15) is 49.7 Å². The summed E-state index contributed by atoms with van der Waals surface area (Å²) in [5.41, 5.74) is 0.829. The molecule has 1 unspecified atom stereocenters. The SMILES string of the molecule is Cc1ccc(C2CS(=O)(=O)CCN2C(=O)C2=CCCCCC2)o1. The van der Waals surface area contributed by atoms with Crippen LogP contribution in [0.3, 0.4) is 0 Å². The second-order valence-corrected chi connectivity index (χ2v) is 8.63. The van der Waals surface area contributed by atoms with Crippen molar-refractivity contribution >= 4 is 15.7 Å². The van der Waals surface area contributed by atoms with Gasteiger partial charge in [0.25, 0.3) is 0 Å². The standard InChI is InChI=1S/C17H23NO4S/c1-13-8-9-16(22-13)15-12-23(20,21)11-10-18(15)17(19)14-6-4-2-3-5-7-14/h6,8-9,15H,2-5,7,10-12H2,1H3. The molecule has 1 aromatic rings. The summed E-state index contributed by atoms with van der Waals surface area (Å²) in [6, 6.07) is 3.08. The zero-order valence-corrected chi connectivity index (χ0v) is 14.3. The van der Waals surface area contributed by atoms with Gasteiger partial charge >= 0.3 is 0 Å². The van der Waals surface area contributed by atoms with Crippen molar-refractivity contribution in [2.24, 2.45) is 0 Å². The molecule has 1 amide bonds. The van der Waals surface area contributed by atoms with Crippen molar-refractivity contribution < 1.29 is 17.6 Å². The maximum Gasteiger partial charge on any atom is 0.250 e.